The summed E-state index contributed by atoms with van der Waals surface area (Å²) in [5.74, 6) is 3.59. The van der Waals surface area contributed by atoms with Crippen LogP contribution in [0.2, 0.25) is 0 Å². The standard InChI is InChI=1S/C13H18O2/c1-2-3-14-10-5-7-4-9(10)12-8(7)6-11-13(12)15-11/h2,7-13H,1,3-6H2/t7-,8-,9-,10-,11-,12+,13+/m1/s1. The number of fused-ring (bicyclic) bond motifs is 7. The van der Waals surface area contributed by atoms with E-state index in [1.54, 1.807) is 0 Å². The molecule has 2 heteroatoms. The van der Waals surface area contributed by atoms with Gasteiger partial charge in [0.1, 0.15) is 0 Å². The normalized spacial score (nSPS) is 59.1. The summed E-state index contributed by atoms with van der Waals surface area (Å²) in [5, 5.41) is 0. The Hall–Kier alpha value is -0.340. The lowest BCUT2D eigenvalue weighted by atomic mass is 9.79. The first-order chi connectivity index (χ1) is 7.38. The number of ether oxygens (including phenoxy) is 2. The van der Waals surface area contributed by atoms with Crippen LogP contribution in [0, 0.1) is 23.7 Å². The van der Waals surface area contributed by atoms with Gasteiger partial charge >= 0.3 is 0 Å². The van der Waals surface area contributed by atoms with Crippen molar-refractivity contribution in [1.29, 1.82) is 0 Å². The molecule has 0 aromatic carbocycles. The number of hydrogen-bond donors (Lipinski definition) is 0. The first-order valence-electron chi connectivity index (χ1n) is 6.26. The zero-order valence-electron chi connectivity index (χ0n) is 8.97. The lowest BCUT2D eigenvalue weighted by Crippen LogP contribution is -2.33. The maximum atomic E-state index is 5.89. The molecule has 15 heavy (non-hydrogen) atoms. The molecule has 4 fully saturated rings. The second-order valence-corrected chi connectivity index (χ2v) is 5.67. The van der Waals surface area contributed by atoms with Gasteiger partial charge in [-0.15, -0.1) is 6.58 Å². The van der Waals surface area contributed by atoms with Gasteiger partial charge in [-0.25, -0.2) is 0 Å². The first kappa shape index (κ1) is 8.77. The van der Waals surface area contributed by atoms with Crippen LogP contribution in [0.1, 0.15) is 19.3 Å². The molecular formula is C13H18O2. The molecule has 4 aliphatic rings. The summed E-state index contributed by atoms with van der Waals surface area (Å²) in [6, 6.07) is 0. The topological polar surface area (TPSA) is 21.8 Å². The largest absolute Gasteiger partial charge is 0.374 e. The Morgan fingerprint density at radius 1 is 1.27 bits per heavy atom. The van der Waals surface area contributed by atoms with Crippen molar-refractivity contribution in [1.82, 2.24) is 0 Å². The van der Waals surface area contributed by atoms with Crippen molar-refractivity contribution >= 4 is 0 Å². The molecule has 1 aliphatic heterocycles. The second kappa shape index (κ2) is 2.86. The molecule has 2 nitrogen and oxygen atoms in total. The van der Waals surface area contributed by atoms with Crippen molar-refractivity contribution in [2.24, 2.45) is 23.7 Å². The van der Waals surface area contributed by atoms with E-state index in [1.807, 2.05) is 6.08 Å². The molecule has 1 heterocycles. The van der Waals surface area contributed by atoms with Gasteiger partial charge in [-0.1, -0.05) is 6.08 Å². The van der Waals surface area contributed by atoms with E-state index in [1.165, 1.54) is 19.3 Å². The van der Waals surface area contributed by atoms with Gasteiger partial charge in [0.15, 0.2) is 0 Å². The number of rotatable bonds is 3. The van der Waals surface area contributed by atoms with Gasteiger partial charge in [0.25, 0.3) is 0 Å². The van der Waals surface area contributed by atoms with Gasteiger partial charge in [-0.05, 0) is 42.9 Å². The SMILES string of the molecule is C=CCO[C@@H]1C[C@H]2C[C@H]1[C@@H]1[C@@H]2C[C@H]2O[C@H]12. The van der Waals surface area contributed by atoms with E-state index in [9.17, 15) is 0 Å². The highest BCUT2D eigenvalue weighted by atomic mass is 16.6. The van der Waals surface area contributed by atoms with Crippen LogP contribution in [0.5, 0.6) is 0 Å². The maximum Gasteiger partial charge on any atom is 0.0876 e. The molecule has 7 atom stereocenters. The van der Waals surface area contributed by atoms with Crippen LogP contribution in [0.4, 0.5) is 0 Å². The molecule has 0 radical (unpaired) electrons. The molecule has 2 bridgehead atoms. The second-order valence-electron chi connectivity index (χ2n) is 5.67. The summed E-state index contributed by atoms with van der Waals surface area (Å²) in [6.07, 6.45) is 7.71. The smallest absolute Gasteiger partial charge is 0.0876 e. The molecular weight excluding hydrogens is 188 g/mol. The Morgan fingerprint density at radius 2 is 2.20 bits per heavy atom. The van der Waals surface area contributed by atoms with E-state index < -0.39 is 0 Å². The Labute approximate surface area is 90.6 Å². The van der Waals surface area contributed by atoms with Gasteiger partial charge in [-0.3, -0.25) is 0 Å². The fourth-order valence-electron chi connectivity index (χ4n) is 4.63. The maximum absolute atomic E-state index is 5.89. The summed E-state index contributed by atoms with van der Waals surface area (Å²) < 4.78 is 11.6. The predicted octanol–water partition coefficient (Wildman–Crippen LogP) is 2.00. The van der Waals surface area contributed by atoms with Crippen molar-refractivity contribution in [2.45, 2.75) is 37.6 Å². The van der Waals surface area contributed by atoms with Gasteiger partial charge in [-0.2, -0.15) is 0 Å². The average Bonchev–Trinajstić information content (AvgIpc) is 2.65. The molecule has 0 spiro atoms. The Kier molecular flexibility index (Phi) is 1.67. The molecule has 1 saturated heterocycles. The zero-order chi connectivity index (χ0) is 9.99. The van der Waals surface area contributed by atoms with Gasteiger partial charge in [0.2, 0.25) is 0 Å². The van der Waals surface area contributed by atoms with E-state index in [4.69, 9.17) is 9.47 Å². The quantitative estimate of drug-likeness (QED) is 0.520. The van der Waals surface area contributed by atoms with Crippen LogP contribution in [0.25, 0.3) is 0 Å². The van der Waals surface area contributed by atoms with E-state index in [0.29, 0.717) is 18.3 Å². The van der Waals surface area contributed by atoms with Crippen molar-refractivity contribution < 1.29 is 9.47 Å². The summed E-state index contributed by atoms with van der Waals surface area (Å²) in [7, 11) is 0. The summed E-state index contributed by atoms with van der Waals surface area (Å²) >= 11 is 0. The minimum absolute atomic E-state index is 0.511. The Bertz CT molecular complexity index is 301. The first-order valence-corrected chi connectivity index (χ1v) is 6.26. The highest BCUT2D eigenvalue weighted by Crippen LogP contribution is 2.64. The highest BCUT2D eigenvalue weighted by Gasteiger charge is 2.66. The van der Waals surface area contributed by atoms with Crippen LogP contribution < -0.4 is 0 Å². The summed E-state index contributed by atoms with van der Waals surface area (Å²) in [4.78, 5) is 0. The lowest BCUT2D eigenvalue weighted by molar-refractivity contribution is -0.0107. The average molecular weight is 206 g/mol. The van der Waals surface area contributed by atoms with Crippen molar-refractivity contribution in [2.75, 3.05) is 6.61 Å². The summed E-state index contributed by atoms with van der Waals surface area (Å²) in [5.41, 5.74) is 0. The predicted molar refractivity (Wildman–Crippen MR) is 56.4 cm³/mol. The third kappa shape index (κ3) is 1.07. The lowest BCUT2D eigenvalue weighted by Gasteiger charge is -2.32. The van der Waals surface area contributed by atoms with Gasteiger partial charge in [0, 0.05) is 0 Å². The third-order valence-corrected chi connectivity index (χ3v) is 5.12. The van der Waals surface area contributed by atoms with E-state index in [0.717, 1.165) is 30.3 Å². The van der Waals surface area contributed by atoms with Crippen molar-refractivity contribution in [3.8, 4) is 0 Å². The summed E-state index contributed by atoms with van der Waals surface area (Å²) in [6.45, 7) is 4.45. The molecule has 0 N–H and O–H groups in total. The molecule has 4 rings (SSSR count). The van der Waals surface area contributed by atoms with Crippen molar-refractivity contribution in [3.05, 3.63) is 12.7 Å². The fourth-order valence-corrected chi connectivity index (χ4v) is 4.63. The minimum atomic E-state index is 0.511. The molecule has 82 valence electrons. The van der Waals surface area contributed by atoms with Crippen molar-refractivity contribution in [3.63, 3.8) is 0 Å². The molecule has 0 aromatic rings. The number of hydrogen-bond acceptors (Lipinski definition) is 2. The van der Waals surface area contributed by atoms with Crippen LogP contribution in [-0.4, -0.2) is 24.9 Å². The molecule has 3 saturated carbocycles. The van der Waals surface area contributed by atoms with Crippen LogP contribution in [0.3, 0.4) is 0 Å². The molecule has 0 amide bonds. The molecule has 0 unspecified atom stereocenters. The molecule has 0 aromatic heterocycles. The zero-order valence-corrected chi connectivity index (χ0v) is 8.97. The third-order valence-electron chi connectivity index (χ3n) is 5.12. The minimum Gasteiger partial charge on any atom is -0.374 e. The molecule has 3 aliphatic carbocycles. The van der Waals surface area contributed by atoms with Gasteiger partial charge in [0.05, 0.1) is 24.9 Å². The van der Waals surface area contributed by atoms with Crippen LogP contribution >= 0.6 is 0 Å². The van der Waals surface area contributed by atoms with Gasteiger partial charge < -0.3 is 9.47 Å². The Balaban J connectivity index is 1.52. The van der Waals surface area contributed by atoms with Crippen LogP contribution in [0.15, 0.2) is 12.7 Å². The van der Waals surface area contributed by atoms with E-state index in [-0.39, 0.29) is 0 Å². The monoisotopic (exact) mass is 206 g/mol. The fraction of sp³-hybridized carbons (Fsp3) is 0.846. The van der Waals surface area contributed by atoms with E-state index >= 15 is 0 Å². The van der Waals surface area contributed by atoms with Crippen LogP contribution in [-0.2, 0) is 9.47 Å². The van der Waals surface area contributed by atoms with E-state index in [2.05, 4.69) is 6.58 Å². The Morgan fingerprint density at radius 3 is 3.07 bits per heavy atom. The highest BCUT2D eigenvalue weighted by molar-refractivity contribution is 5.14. The number of epoxide rings is 1.